The number of aryl methyl sites for hydroxylation is 4. The monoisotopic (exact) mass is 362 g/mol. The van der Waals surface area contributed by atoms with Crippen LogP contribution in [-0.2, 0) is 13.1 Å². The van der Waals surface area contributed by atoms with Gasteiger partial charge in [0.25, 0.3) is 0 Å². The second-order valence-electron chi connectivity index (χ2n) is 7.78. The number of rotatable bonds is 3. The van der Waals surface area contributed by atoms with Crippen LogP contribution in [0, 0.1) is 26.6 Å². The molecule has 0 saturated carbocycles. The third-order valence-electron chi connectivity index (χ3n) is 5.74. The Morgan fingerprint density at radius 1 is 0.963 bits per heavy atom. The molecular weight excluding hydrogens is 335 g/mol. The molecule has 0 fully saturated rings. The quantitative estimate of drug-likeness (QED) is 0.593. The van der Waals surface area contributed by atoms with Gasteiger partial charge in [0.2, 0.25) is 0 Å². The van der Waals surface area contributed by atoms with Gasteiger partial charge in [0.15, 0.2) is 0 Å². The summed E-state index contributed by atoms with van der Waals surface area (Å²) in [6.07, 6.45) is 3.28. The van der Waals surface area contributed by atoms with Crippen LogP contribution in [0.4, 0.5) is 4.39 Å². The third-order valence-corrected chi connectivity index (χ3v) is 5.74. The molecule has 2 aromatic carbocycles. The SMILES string of the molecule is Cc1cc(C)c(CN2CCCn3cccc3C2c2ccc(F)cc2)c(C)c1. The highest BCUT2D eigenvalue weighted by atomic mass is 19.1. The van der Waals surface area contributed by atoms with Gasteiger partial charge >= 0.3 is 0 Å². The molecule has 140 valence electrons. The molecule has 1 aromatic heterocycles. The van der Waals surface area contributed by atoms with Gasteiger partial charge in [-0.1, -0.05) is 29.8 Å². The smallest absolute Gasteiger partial charge is 0.123 e. The fourth-order valence-electron chi connectivity index (χ4n) is 4.50. The third kappa shape index (κ3) is 3.57. The first-order valence-electron chi connectivity index (χ1n) is 9.74. The van der Waals surface area contributed by atoms with Crippen molar-refractivity contribution in [1.82, 2.24) is 9.47 Å². The lowest BCUT2D eigenvalue weighted by atomic mass is 9.96. The van der Waals surface area contributed by atoms with Crippen LogP contribution in [0.3, 0.4) is 0 Å². The van der Waals surface area contributed by atoms with Crippen molar-refractivity contribution >= 4 is 0 Å². The van der Waals surface area contributed by atoms with Crippen molar-refractivity contribution in [2.45, 2.75) is 46.3 Å². The van der Waals surface area contributed by atoms with Gasteiger partial charge in [-0.05, 0) is 73.7 Å². The molecule has 27 heavy (non-hydrogen) atoms. The van der Waals surface area contributed by atoms with E-state index in [4.69, 9.17) is 0 Å². The first kappa shape index (κ1) is 18.0. The lowest BCUT2D eigenvalue weighted by Crippen LogP contribution is -2.30. The number of hydrogen-bond acceptors (Lipinski definition) is 1. The van der Waals surface area contributed by atoms with Crippen LogP contribution in [0.2, 0.25) is 0 Å². The van der Waals surface area contributed by atoms with Crippen molar-refractivity contribution in [1.29, 1.82) is 0 Å². The maximum Gasteiger partial charge on any atom is 0.123 e. The maximum absolute atomic E-state index is 13.5. The normalized spacial score (nSPS) is 17.6. The van der Waals surface area contributed by atoms with Crippen molar-refractivity contribution in [3.63, 3.8) is 0 Å². The summed E-state index contributed by atoms with van der Waals surface area (Å²) < 4.78 is 15.9. The Morgan fingerprint density at radius 2 is 1.67 bits per heavy atom. The molecule has 0 bridgehead atoms. The summed E-state index contributed by atoms with van der Waals surface area (Å²) in [6, 6.07) is 16.0. The average molecular weight is 362 g/mol. The van der Waals surface area contributed by atoms with Gasteiger partial charge in [0.1, 0.15) is 5.82 Å². The molecule has 1 aliphatic rings. The minimum Gasteiger partial charge on any atom is -0.350 e. The molecular formula is C24H27FN2. The highest BCUT2D eigenvalue weighted by molar-refractivity contribution is 5.38. The van der Waals surface area contributed by atoms with Crippen LogP contribution in [-0.4, -0.2) is 16.0 Å². The van der Waals surface area contributed by atoms with E-state index in [0.717, 1.165) is 31.6 Å². The minimum absolute atomic E-state index is 0.142. The summed E-state index contributed by atoms with van der Waals surface area (Å²) in [7, 11) is 0. The van der Waals surface area contributed by atoms with E-state index in [1.165, 1.54) is 27.9 Å². The summed E-state index contributed by atoms with van der Waals surface area (Å²) in [6.45, 7) is 9.54. The molecule has 1 unspecified atom stereocenters. The lowest BCUT2D eigenvalue weighted by molar-refractivity contribution is 0.219. The number of benzene rings is 2. The highest BCUT2D eigenvalue weighted by Gasteiger charge is 2.28. The Morgan fingerprint density at radius 3 is 2.37 bits per heavy atom. The number of aromatic nitrogens is 1. The van der Waals surface area contributed by atoms with Crippen molar-refractivity contribution in [2.24, 2.45) is 0 Å². The zero-order chi connectivity index (χ0) is 19.0. The number of nitrogens with zero attached hydrogens (tertiary/aromatic N) is 2. The molecule has 0 amide bonds. The molecule has 0 radical (unpaired) electrons. The second kappa shape index (κ2) is 7.32. The van der Waals surface area contributed by atoms with Crippen LogP contribution in [0.5, 0.6) is 0 Å². The van der Waals surface area contributed by atoms with E-state index in [-0.39, 0.29) is 11.9 Å². The van der Waals surface area contributed by atoms with Gasteiger partial charge in [0, 0.05) is 31.5 Å². The van der Waals surface area contributed by atoms with E-state index in [9.17, 15) is 4.39 Å². The maximum atomic E-state index is 13.5. The fourth-order valence-corrected chi connectivity index (χ4v) is 4.50. The molecule has 3 heteroatoms. The summed E-state index contributed by atoms with van der Waals surface area (Å²) in [5, 5.41) is 0. The largest absolute Gasteiger partial charge is 0.350 e. The average Bonchev–Trinajstić information content (AvgIpc) is 3.00. The molecule has 3 aromatic rings. The van der Waals surface area contributed by atoms with Crippen molar-refractivity contribution in [2.75, 3.05) is 6.54 Å². The summed E-state index contributed by atoms with van der Waals surface area (Å²) in [4.78, 5) is 2.55. The lowest BCUT2D eigenvalue weighted by Gasteiger charge is -2.32. The van der Waals surface area contributed by atoms with Crippen LogP contribution in [0.25, 0.3) is 0 Å². The molecule has 2 heterocycles. The molecule has 0 N–H and O–H groups in total. The molecule has 2 nitrogen and oxygen atoms in total. The molecule has 1 aliphatic heterocycles. The molecule has 0 aliphatic carbocycles. The van der Waals surface area contributed by atoms with Gasteiger partial charge in [-0.25, -0.2) is 4.39 Å². The Hall–Kier alpha value is -2.39. The van der Waals surface area contributed by atoms with Crippen LogP contribution < -0.4 is 0 Å². The van der Waals surface area contributed by atoms with Crippen molar-refractivity contribution in [3.05, 3.63) is 94.1 Å². The van der Waals surface area contributed by atoms with E-state index in [1.54, 1.807) is 12.1 Å². The minimum atomic E-state index is -0.181. The molecule has 0 saturated heterocycles. The standard InChI is InChI=1S/C24H27FN2/c1-17-14-18(2)22(19(3)15-17)16-27-13-5-12-26-11-4-6-23(26)24(27)20-7-9-21(25)10-8-20/h4,6-11,14-15,24H,5,12-13,16H2,1-3H3. The van der Waals surface area contributed by atoms with Gasteiger partial charge in [-0.2, -0.15) is 0 Å². The predicted molar refractivity (Wildman–Crippen MR) is 108 cm³/mol. The van der Waals surface area contributed by atoms with Crippen molar-refractivity contribution < 1.29 is 4.39 Å². The van der Waals surface area contributed by atoms with E-state index in [2.05, 4.69) is 60.7 Å². The second-order valence-corrected chi connectivity index (χ2v) is 7.78. The van der Waals surface area contributed by atoms with Gasteiger partial charge in [0.05, 0.1) is 6.04 Å². The zero-order valence-electron chi connectivity index (χ0n) is 16.4. The zero-order valence-corrected chi connectivity index (χ0v) is 16.4. The summed E-state index contributed by atoms with van der Waals surface area (Å²) in [5.74, 6) is -0.181. The summed E-state index contributed by atoms with van der Waals surface area (Å²) in [5.41, 5.74) is 7.87. The first-order valence-corrected chi connectivity index (χ1v) is 9.74. The molecule has 0 spiro atoms. The van der Waals surface area contributed by atoms with E-state index in [0.29, 0.717) is 0 Å². The topological polar surface area (TPSA) is 8.17 Å². The van der Waals surface area contributed by atoms with E-state index in [1.807, 2.05) is 12.1 Å². The molecule has 1 atom stereocenters. The Balaban J connectivity index is 1.77. The Bertz CT molecular complexity index is 916. The Labute approximate surface area is 161 Å². The first-order chi connectivity index (χ1) is 13.0. The fraction of sp³-hybridized carbons (Fsp3) is 0.333. The predicted octanol–water partition coefficient (Wildman–Crippen LogP) is 5.55. The Kier molecular flexibility index (Phi) is 4.88. The van der Waals surface area contributed by atoms with Gasteiger partial charge < -0.3 is 4.57 Å². The van der Waals surface area contributed by atoms with E-state index < -0.39 is 0 Å². The van der Waals surface area contributed by atoms with Crippen molar-refractivity contribution in [3.8, 4) is 0 Å². The molecule has 4 rings (SSSR count). The van der Waals surface area contributed by atoms with Crippen LogP contribution >= 0.6 is 0 Å². The summed E-state index contributed by atoms with van der Waals surface area (Å²) >= 11 is 0. The van der Waals surface area contributed by atoms with Gasteiger partial charge in [-0.15, -0.1) is 0 Å². The highest BCUT2D eigenvalue weighted by Crippen LogP contribution is 2.34. The van der Waals surface area contributed by atoms with E-state index >= 15 is 0 Å². The van der Waals surface area contributed by atoms with Crippen LogP contribution in [0.1, 0.15) is 46.0 Å². The number of halogens is 1. The number of fused-ring (bicyclic) bond motifs is 1. The number of hydrogen-bond donors (Lipinski definition) is 0. The van der Waals surface area contributed by atoms with Crippen LogP contribution in [0.15, 0.2) is 54.7 Å². The van der Waals surface area contributed by atoms with Gasteiger partial charge in [-0.3, -0.25) is 4.90 Å².